The molecule has 2 nitrogen and oxygen atoms in total. The molecule has 0 spiro atoms. The summed E-state index contributed by atoms with van der Waals surface area (Å²) in [6, 6.07) is 0.812. The number of hydrogen-bond donors (Lipinski definition) is 1. The average molecular weight is 224 g/mol. The van der Waals surface area contributed by atoms with E-state index in [1.165, 1.54) is 45.3 Å². The van der Waals surface area contributed by atoms with Crippen molar-refractivity contribution >= 4 is 0 Å². The fraction of sp³-hybridized carbons (Fsp3) is 1.00. The average Bonchev–Trinajstić information content (AvgIpc) is 2.40. The third-order valence-corrected chi connectivity index (χ3v) is 4.47. The van der Waals surface area contributed by atoms with Gasteiger partial charge in [0.25, 0.3) is 0 Å². The minimum atomic E-state index is 0.287. The summed E-state index contributed by atoms with van der Waals surface area (Å²) in [7, 11) is 0. The highest BCUT2D eigenvalue weighted by Crippen LogP contribution is 2.41. The first kappa shape index (κ1) is 12.4. The van der Waals surface area contributed by atoms with Gasteiger partial charge in [0.2, 0.25) is 0 Å². The van der Waals surface area contributed by atoms with Crippen molar-refractivity contribution < 1.29 is 0 Å². The maximum atomic E-state index is 3.66. The van der Waals surface area contributed by atoms with Crippen molar-refractivity contribution in [2.24, 2.45) is 5.41 Å². The molecule has 0 aromatic heterocycles. The summed E-state index contributed by atoms with van der Waals surface area (Å²) in [5.74, 6) is 0. The van der Waals surface area contributed by atoms with Gasteiger partial charge < -0.3 is 5.32 Å². The summed E-state index contributed by atoms with van der Waals surface area (Å²) in [5.41, 5.74) is 0.815. The quantitative estimate of drug-likeness (QED) is 0.736. The van der Waals surface area contributed by atoms with Crippen LogP contribution in [0.15, 0.2) is 0 Å². The van der Waals surface area contributed by atoms with Crippen molar-refractivity contribution in [3.8, 4) is 0 Å². The molecule has 0 aromatic rings. The van der Waals surface area contributed by atoms with Gasteiger partial charge in [0, 0.05) is 18.1 Å². The number of nitrogens with one attached hydrogen (secondary N) is 1. The van der Waals surface area contributed by atoms with Gasteiger partial charge in [-0.15, -0.1) is 0 Å². The highest BCUT2D eigenvalue weighted by molar-refractivity contribution is 4.96. The molecular formula is C14H28N2. The molecule has 1 N–H and O–H groups in total. The van der Waals surface area contributed by atoms with Crippen LogP contribution in [0.4, 0.5) is 0 Å². The maximum absolute atomic E-state index is 3.66. The second-order valence-corrected chi connectivity index (χ2v) is 7.03. The third-order valence-electron chi connectivity index (χ3n) is 4.47. The van der Waals surface area contributed by atoms with Crippen LogP contribution in [0.5, 0.6) is 0 Å². The molecule has 1 unspecified atom stereocenters. The van der Waals surface area contributed by atoms with E-state index in [0.717, 1.165) is 6.04 Å². The van der Waals surface area contributed by atoms with E-state index in [4.69, 9.17) is 0 Å². The van der Waals surface area contributed by atoms with Crippen LogP contribution in [0.3, 0.4) is 0 Å². The Morgan fingerprint density at radius 3 is 2.50 bits per heavy atom. The van der Waals surface area contributed by atoms with E-state index in [-0.39, 0.29) is 5.54 Å². The van der Waals surface area contributed by atoms with Crippen LogP contribution in [0, 0.1) is 5.41 Å². The fourth-order valence-electron chi connectivity index (χ4n) is 3.60. The lowest BCUT2D eigenvalue weighted by atomic mass is 9.85. The predicted octanol–water partition coefficient (Wildman–Crippen LogP) is 2.64. The Morgan fingerprint density at radius 2 is 1.88 bits per heavy atom. The summed E-state index contributed by atoms with van der Waals surface area (Å²) in [6.07, 6.45) is 5.53. The molecule has 16 heavy (non-hydrogen) atoms. The van der Waals surface area contributed by atoms with Crippen LogP contribution in [-0.2, 0) is 0 Å². The van der Waals surface area contributed by atoms with Crippen molar-refractivity contribution in [2.75, 3.05) is 19.6 Å². The summed E-state index contributed by atoms with van der Waals surface area (Å²) >= 11 is 0. The first-order valence-corrected chi connectivity index (χ1v) is 6.90. The summed E-state index contributed by atoms with van der Waals surface area (Å²) < 4.78 is 0. The molecule has 2 fully saturated rings. The number of hydrogen-bond acceptors (Lipinski definition) is 2. The van der Waals surface area contributed by atoms with Gasteiger partial charge in [-0.3, -0.25) is 4.90 Å². The maximum Gasteiger partial charge on any atom is 0.0252 e. The molecule has 2 heteroatoms. The molecule has 2 aliphatic rings. The van der Waals surface area contributed by atoms with E-state index >= 15 is 0 Å². The molecule has 1 aliphatic carbocycles. The minimum absolute atomic E-state index is 0.287. The zero-order valence-corrected chi connectivity index (χ0v) is 11.5. The summed E-state index contributed by atoms with van der Waals surface area (Å²) in [4.78, 5) is 2.76. The Labute approximate surface area is 101 Å². The Balaban J connectivity index is 2.07. The molecular weight excluding hydrogens is 196 g/mol. The van der Waals surface area contributed by atoms with Gasteiger partial charge in [0.1, 0.15) is 0 Å². The SMILES string of the molecule is CC1(C)CN(C2CCCC2(C)C)CCCN1. The van der Waals surface area contributed by atoms with Crippen molar-refractivity contribution in [1.29, 1.82) is 0 Å². The lowest BCUT2D eigenvalue weighted by Gasteiger charge is -2.40. The third kappa shape index (κ3) is 2.60. The Bertz CT molecular complexity index is 245. The lowest BCUT2D eigenvalue weighted by Crippen LogP contribution is -2.51. The van der Waals surface area contributed by atoms with E-state index in [9.17, 15) is 0 Å². The largest absolute Gasteiger partial charge is 0.310 e. The highest BCUT2D eigenvalue weighted by Gasteiger charge is 2.40. The Morgan fingerprint density at radius 1 is 1.12 bits per heavy atom. The predicted molar refractivity (Wildman–Crippen MR) is 69.7 cm³/mol. The molecule has 0 amide bonds. The molecule has 94 valence electrons. The van der Waals surface area contributed by atoms with Crippen LogP contribution in [-0.4, -0.2) is 36.1 Å². The second-order valence-electron chi connectivity index (χ2n) is 7.03. The molecule has 0 aromatic carbocycles. The van der Waals surface area contributed by atoms with Gasteiger partial charge in [-0.2, -0.15) is 0 Å². The van der Waals surface area contributed by atoms with Crippen molar-refractivity contribution in [1.82, 2.24) is 10.2 Å². The molecule has 0 bridgehead atoms. The van der Waals surface area contributed by atoms with Crippen molar-refractivity contribution in [3.63, 3.8) is 0 Å². The Kier molecular flexibility index (Phi) is 3.33. The number of rotatable bonds is 1. The zero-order chi connectivity index (χ0) is 11.8. The molecule has 1 saturated carbocycles. The fourth-order valence-corrected chi connectivity index (χ4v) is 3.60. The van der Waals surface area contributed by atoms with Crippen LogP contribution in [0.2, 0.25) is 0 Å². The zero-order valence-electron chi connectivity index (χ0n) is 11.5. The second kappa shape index (κ2) is 4.30. The monoisotopic (exact) mass is 224 g/mol. The van der Waals surface area contributed by atoms with Crippen molar-refractivity contribution in [2.45, 2.75) is 65.0 Å². The van der Waals surface area contributed by atoms with Gasteiger partial charge in [-0.05, 0) is 51.6 Å². The topological polar surface area (TPSA) is 15.3 Å². The highest BCUT2D eigenvalue weighted by atomic mass is 15.2. The number of nitrogens with zero attached hydrogens (tertiary/aromatic N) is 1. The molecule has 1 heterocycles. The molecule has 1 aliphatic heterocycles. The van der Waals surface area contributed by atoms with Gasteiger partial charge in [0.15, 0.2) is 0 Å². The Hall–Kier alpha value is -0.0800. The smallest absolute Gasteiger partial charge is 0.0252 e. The van der Waals surface area contributed by atoms with Gasteiger partial charge in [0.05, 0.1) is 0 Å². The van der Waals surface area contributed by atoms with Crippen LogP contribution in [0.1, 0.15) is 53.4 Å². The summed E-state index contributed by atoms with van der Waals surface area (Å²) in [6.45, 7) is 13.3. The normalized spacial score (nSPS) is 34.9. The van der Waals surface area contributed by atoms with Crippen molar-refractivity contribution in [3.05, 3.63) is 0 Å². The van der Waals surface area contributed by atoms with Crippen LogP contribution < -0.4 is 5.32 Å². The van der Waals surface area contributed by atoms with E-state index in [1.807, 2.05) is 0 Å². The molecule has 1 atom stereocenters. The van der Waals surface area contributed by atoms with Crippen LogP contribution in [0.25, 0.3) is 0 Å². The minimum Gasteiger partial charge on any atom is -0.310 e. The molecule has 0 radical (unpaired) electrons. The van der Waals surface area contributed by atoms with E-state index in [2.05, 4.69) is 37.9 Å². The standard InChI is InChI=1S/C14H28N2/c1-13(2)8-5-7-12(13)16-10-6-9-15-14(3,4)11-16/h12,15H,5-11H2,1-4H3. The van der Waals surface area contributed by atoms with E-state index in [1.54, 1.807) is 0 Å². The van der Waals surface area contributed by atoms with Crippen LogP contribution >= 0.6 is 0 Å². The first-order chi connectivity index (χ1) is 7.41. The van der Waals surface area contributed by atoms with Gasteiger partial charge >= 0.3 is 0 Å². The lowest BCUT2D eigenvalue weighted by molar-refractivity contribution is 0.0982. The summed E-state index contributed by atoms with van der Waals surface area (Å²) in [5, 5.41) is 3.66. The first-order valence-electron chi connectivity index (χ1n) is 6.90. The van der Waals surface area contributed by atoms with Gasteiger partial charge in [-0.1, -0.05) is 20.3 Å². The molecule has 1 saturated heterocycles. The van der Waals surface area contributed by atoms with Gasteiger partial charge in [-0.25, -0.2) is 0 Å². The van der Waals surface area contributed by atoms with E-state index in [0.29, 0.717) is 5.41 Å². The van der Waals surface area contributed by atoms with E-state index < -0.39 is 0 Å². The molecule has 2 rings (SSSR count).